The van der Waals surface area contributed by atoms with Crippen LogP contribution in [0.3, 0.4) is 0 Å². The van der Waals surface area contributed by atoms with Crippen LogP contribution in [-0.2, 0) is 17.4 Å². The summed E-state index contributed by atoms with van der Waals surface area (Å²) in [6.07, 6.45) is -3.84. The second-order valence-electron chi connectivity index (χ2n) is 7.26. The fourth-order valence-corrected chi connectivity index (χ4v) is 3.69. The van der Waals surface area contributed by atoms with Gasteiger partial charge in [0.05, 0.1) is 5.56 Å². The molecule has 0 aromatic heterocycles. The summed E-state index contributed by atoms with van der Waals surface area (Å²) in [6.45, 7) is 0. The number of fused-ring (bicyclic) bond motifs is 3. The fraction of sp³-hybridized carbons (Fsp3) is 0.167. The van der Waals surface area contributed by atoms with E-state index in [0.717, 1.165) is 29.7 Å². The summed E-state index contributed by atoms with van der Waals surface area (Å²) in [5.41, 5.74) is 4.34. The largest absolute Gasteiger partial charge is 0.416 e. The monoisotopic (exact) mass is 409 g/mol. The lowest BCUT2D eigenvalue weighted by atomic mass is 9.99. The smallest absolute Gasteiger partial charge is 0.326 e. The highest BCUT2D eigenvalue weighted by molar-refractivity contribution is 6.00. The zero-order valence-corrected chi connectivity index (χ0v) is 15.9. The zero-order valence-electron chi connectivity index (χ0n) is 15.9. The number of alkyl halides is 3. The number of ketones is 1. The normalized spacial score (nSPS) is 12.2. The van der Waals surface area contributed by atoms with Crippen LogP contribution in [0.4, 0.5) is 18.9 Å². The summed E-state index contributed by atoms with van der Waals surface area (Å²) in [6, 6.07) is 18.1. The molecule has 1 amide bonds. The minimum atomic E-state index is -4.48. The lowest BCUT2D eigenvalue weighted by Gasteiger charge is -2.10. The molecular weight excluding hydrogens is 391 g/mol. The molecule has 0 heterocycles. The highest BCUT2D eigenvalue weighted by Gasteiger charge is 2.30. The second kappa shape index (κ2) is 7.78. The summed E-state index contributed by atoms with van der Waals surface area (Å²) in [5.74, 6) is -0.677. The van der Waals surface area contributed by atoms with Crippen molar-refractivity contribution in [2.45, 2.75) is 25.4 Å². The van der Waals surface area contributed by atoms with Gasteiger partial charge in [0.25, 0.3) is 0 Å². The molecule has 4 rings (SSSR count). The average molecular weight is 409 g/mol. The van der Waals surface area contributed by atoms with Gasteiger partial charge in [0.1, 0.15) is 0 Å². The molecule has 1 aliphatic carbocycles. The Morgan fingerprint density at radius 3 is 2.40 bits per heavy atom. The third-order valence-electron chi connectivity index (χ3n) is 5.17. The third-order valence-corrected chi connectivity index (χ3v) is 5.17. The van der Waals surface area contributed by atoms with Crippen molar-refractivity contribution in [1.82, 2.24) is 0 Å². The van der Waals surface area contributed by atoms with E-state index in [0.29, 0.717) is 5.56 Å². The Kier molecular flexibility index (Phi) is 5.16. The Morgan fingerprint density at radius 1 is 0.833 bits per heavy atom. The molecule has 0 saturated heterocycles. The van der Waals surface area contributed by atoms with Gasteiger partial charge in [0.15, 0.2) is 5.78 Å². The Balaban J connectivity index is 1.37. The van der Waals surface area contributed by atoms with Crippen LogP contribution in [-0.4, -0.2) is 11.7 Å². The van der Waals surface area contributed by atoms with E-state index in [9.17, 15) is 22.8 Å². The van der Waals surface area contributed by atoms with Crippen molar-refractivity contribution >= 4 is 17.4 Å². The molecule has 1 N–H and O–H groups in total. The van der Waals surface area contributed by atoms with Gasteiger partial charge in [-0.25, -0.2) is 0 Å². The van der Waals surface area contributed by atoms with Crippen LogP contribution >= 0.6 is 0 Å². The van der Waals surface area contributed by atoms with Crippen molar-refractivity contribution in [3.05, 3.63) is 89.0 Å². The van der Waals surface area contributed by atoms with Crippen LogP contribution < -0.4 is 5.32 Å². The Labute approximate surface area is 171 Å². The van der Waals surface area contributed by atoms with Crippen LogP contribution in [0.15, 0.2) is 66.7 Å². The molecule has 0 bridgehead atoms. The van der Waals surface area contributed by atoms with Crippen molar-refractivity contribution in [3.63, 3.8) is 0 Å². The standard InChI is InChI=1S/C24H18F3NO2/c25-24(26,27)18-5-3-6-19(14-18)28-23(30)11-10-22(29)16-8-9-21-17(13-16)12-15-4-1-2-7-20(15)21/h1-9,13-14H,10-12H2,(H,28,30). The summed E-state index contributed by atoms with van der Waals surface area (Å²) >= 11 is 0. The number of halogens is 3. The van der Waals surface area contributed by atoms with Gasteiger partial charge in [-0.1, -0.05) is 42.5 Å². The number of rotatable bonds is 5. The van der Waals surface area contributed by atoms with E-state index in [1.165, 1.54) is 23.3 Å². The van der Waals surface area contributed by atoms with Gasteiger partial charge in [0.2, 0.25) is 5.91 Å². The summed E-state index contributed by atoms with van der Waals surface area (Å²) in [4.78, 5) is 24.6. The van der Waals surface area contributed by atoms with Crippen LogP contribution in [0.25, 0.3) is 11.1 Å². The highest BCUT2D eigenvalue weighted by Crippen LogP contribution is 2.37. The number of amides is 1. The Bertz CT molecular complexity index is 1140. The zero-order chi connectivity index (χ0) is 21.3. The molecule has 152 valence electrons. The molecule has 3 aromatic carbocycles. The van der Waals surface area contributed by atoms with E-state index < -0.39 is 17.6 Å². The molecule has 1 aliphatic rings. The van der Waals surface area contributed by atoms with Crippen LogP contribution in [0.1, 0.15) is 39.9 Å². The second-order valence-corrected chi connectivity index (χ2v) is 7.26. The first-order valence-corrected chi connectivity index (χ1v) is 9.53. The van der Waals surface area contributed by atoms with Crippen molar-refractivity contribution < 1.29 is 22.8 Å². The number of nitrogens with one attached hydrogen (secondary N) is 1. The lowest BCUT2D eigenvalue weighted by Crippen LogP contribution is -2.14. The summed E-state index contributed by atoms with van der Waals surface area (Å²) < 4.78 is 38.3. The molecule has 0 spiro atoms. The lowest BCUT2D eigenvalue weighted by molar-refractivity contribution is -0.137. The van der Waals surface area contributed by atoms with Crippen molar-refractivity contribution in [3.8, 4) is 11.1 Å². The Morgan fingerprint density at radius 2 is 1.60 bits per heavy atom. The average Bonchev–Trinajstić information content (AvgIpc) is 3.09. The van der Waals surface area contributed by atoms with E-state index >= 15 is 0 Å². The van der Waals surface area contributed by atoms with Gasteiger partial charge in [0, 0.05) is 24.1 Å². The summed E-state index contributed by atoms with van der Waals surface area (Å²) in [5, 5.41) is 2.42. The molecule has 6 heteroatoms. The van der Waals surface area contributed by atoms with E-state index in [2.05, 4.69) is 17.4 Å². The van der Waals surface area contributed by atoms with Crippen molar-refractivity contribution in [1.29, 1.82) is 0 Å². The molecule has 0 radical (unpaired) electrons. The molecule has 3 aromatic rings. The number of hydrogen-bond donors (Lipinski definition) is 1. The van der Waals surface area contributed by atoms with Gasteiger partial charge in [-0.05, 0) is 52.9 Å². The number of anilines is 1. The minimum Gasteiger partial charge on any atom is -0.326 e. The molecule has 0 aliphatic heterocycles. The maximum atomic E-state index is 12.8. The van der Waals surface area contributed by atoms with Gasteiger partial charge >= 0.3 is 6.18 Å². The van der Waals surface area contributed by atoms with Gasteiger partial charge in [-0.3, -0.25) is 9.59 Å². The number of hydrogen-bond acceptors (Lipinski definition) is 2. The predicted molar refractivity (Wildman–Crippen MR) is 108 cm³/mol. The van der Waals surface area contributed by atoms with Crippen LogP contribution in [0.5, 0.6) is 0 Å². The maximum Gasteiger partial charge on any atom is 0.416 e. The quantitative estimate of drug-likeness (QED) is 0.419. The topological polar surface area (TPSA) is 46.2 Å². The van der Waals surface area contributed by atoms with E-state index in [-0.39, 0.29) is 24.3 Å². The van der Waals surface area contributed by atoms with Crippen LogP contribution in [0.2, 0.25) is 0 Å². The first-order chi connectivity index (χ1) is 14.3. The molecule has 0 unspecified atom stereocenters. The number of carbonyl (C=O) groups excluding carboxylic acids is 2. The van der Waals surface area contributed by atoms with Crippen LogP contribution in [0, 0.1) is 0 Å². The predicted octanol–water partition coefficient (Wildman–Crippen LogP) is 5.88. The molecular formula is C24H18F3NO2. The maximum absolute atomic E-state index is 12.8. The number of carbonyl (C=O) groups is 2. The van der Waals surface area contributed by atoms with E-state index in [1.807, 2.05) is 24.3 Å². The van der Waals surface area contributed by atoms with Gasteiger partial charge in [-0.15, -0.1) is 0 Å². The SMILES string of the molecule is O=C(CCC(=O)c1ccc2c(c1)Cc1ccccc1-2)Nc1cccc(C(F)(F)F)c1. The van der Waals surface area contributed by atoms with Crippen molar-refractivity contribution in [2.24, 2.45) is 0 Å². The molecule has 0 fully saturated rings. The van der Waals surface area contributed by atoms with Gasteiger partial charge in [-0.2, -0.15) is 13.2 Å². The molecule has 30 heavy (non-hydrogen) atoms. The highest BCUT2D eigenvalue weighted by atomic mass is 19.4. The first kappa shape index (κ1) is 19.9. The first-order valence-electron chi connectivity index (χ1n) is 9.53. The molecule has 0 atom stereocenters. The molecule has 3 nitrogen and oxygen atoms in total. The number of Topliss-reactive ketones (excluding diaryl/α,β-unsaturated/α-hetero) is 1. The number of benzene rings is 3. The summed E-state index contributed by atoms with van der Waals surface area (Å²) in [7, 11) is 0. The minimum absolute atomic E-state index is 0.0173. The van der Waals surface area contributed by atoms with Gasteiger partial charge < -0.3 is 5.32 Å². The van der Waals surface area contributed by atoms with E-state index in [1.54, 1.807) is 6.07 Å². The van der Waals surface area contributed by atoms with E-state index in [4.69, 9.17) is 0 Å². The Hall–Kier alpha value is -3.41. The third kappa shape index (κ3) is 4.13. The van der Waals surface area contributed by atoms with Crippen molar-refractivity contribution in [2.75, 3.05) is 5.32 Å². The fourth-order valence-electron chi connectivity index (χ4n) is 3.69. The molecule has 0 saturated carbocycles.